The molecule has 1 aliphatic rings. The zero-order valence-electron chi connectivity index (χ0n) is 19.8. The van der Waals surface area contributed by atoms with Gasteiger partial charge >= 0.3 is 0 Å². The fraction of sp³-hybridized carbons (Fsp3) is 0.231. The number of aliphatic hydroxyl groups excluding tert-OH is 1. The molecule has 4 N–H and O–H groups in total. The molecule has 1 atom stereocenters. The van der Waals surface area contributed by atoms with E-state index < -0.39 is 6.10 Å². The Labute approximate surface area is 220 Å². The second-order valence-electron chi connectivity index (χ2n) is 9.02. The Morgan fingerprint density at radius 2 is 2.11 bits per heavy atom. The molecule has 5 heterocycles. The predicted molar refractivity (Wildman–Crippen MR) is 145 cm³/mol. The molecule has 0 saturated carbocycles. The van der Waals surface area contributed by atoms with Crippen LogP contribution in [-0.2, 0) is 6.54 Å². The highest BCUT2D eigenvalue weighted by Crippen LogP contribution is 2.30. The number of carbonyl (C=O) groups excluding carboxylic acids is 2. The Bertz CT molecular complexity index is 1620. The zero-order valence-corrected chi connectivity index (χ0v) is 21.4. The molecule has 0 bridgehead atoms. The van der Waals surface area contributed by atoms with Crippen LogP contribution in [0.15, 0.2) is 53.4 Å². The number of β-amino-alcohol motifs (C(OH)–C–C–N with tert-alkyl or cyclic N) is 1. The number of likely N-dealkylation sites (tertiary alicyclic amines) is 1. The molecule has 0 spiro atoms. The number of fused-ring (bicyclic) bond motifs is 2. The Balaban J connectivity index is 1.34. The van der Waals surface area contributed by atoms with E-state index in [9.17, 15) is 14.7 Å². The van der Waals surface area contributed by atoms with Gasteiger partial charge in [-0.25, -0.2) is 9.97 Å². The van der Waals surface area contributed by atoms with E-state index in [-0.39, 0.29) is 18.4 Å². The van der Waals surface area contributed by atoms with E-state index in [1.165, 1.54) is 22.7 Å². The Morgan fingerprint density at radius 3 is 2.92 bits per heavy atom. The predicted octanol–water partition coefficient (Wildman–Crippen LogP) is 3.78. The first-order valence-corrected chi connectivity index (χ1v) is 13.7. The van der Waals surface area contributed by atoms with Crippen molar-refractivity contribution in [2.45, 2.75) is 25.5 Å². The molecule has 0 aliphatic carbocycles. The lowest BCUT2D eigenvalue weighted by atomic mass is 10.1. The van der Waals surface area contributed by atoms with Crippen LogP contribution in [0, 0.1) is 0 Å². The van der Waals surface area contributed by atoms with Gasteiger partial charge in [-0.05, 0) is 54.1 Å². The minimum absolute atomic E-state index is 0.206. The van der Waals surface area contributed by atoms with Crippen LogP contribution in [0.5, 0.6) is 0 Å². The molecule has 0 radical (unpaired) electrons. The lowest BCUT2D eigenvalue weighted by molar-refractivity contribution is 0.0468. The Kier molecular flexibility index (Phi) is 6.11. The summed E-state index contributed by atoms with van der Waals surface area (Å²) in [5.74, 6) is -0.495. The lowest BCUT2D eigenvalue weighted by Gasteiger charge is -2.30. The van der Waals surface area contributed by atoms with Crippen molar-refractivity contribution in [1.82, 2.24) is 24.6 Å². The lowest BCUT2D eigenvalue weighted by Crippen LogP contribution is -2.42. The molecule has 9 nitrogen and oxygen atoms in total. The van der Waals surface area contributed by atoms with Crippen molar-refractivity contribution in [1.29, 1.82) is 0 Å². The number of benzene rings is 1. The fourth-order valence-electron chi connectivity index (χ4n) is 4.71. The molecule has 37 heavy (non-hydrogen) atoms. The minimum atomic E-state index is -0.538. The molecule has 4 aromatic heterocycles. The van der Waals surface area contributed by atoms with Crippen LogP contribution in [0.25, 0.3) is 27.1 Å². The third-order valence-electron chi connectivity index (χ3n) is 6.50. The number of nitrogens with one attached hydrogen (secondary N) is 1. The summed E-state index contributed by atoms with van der Waals surface area (Å²) in [5, 5.41) is 17.5. The maximum atomic E-state index is 13.7. The first kappa shape index (κ1) is 23.6. The Morgan fingerprint density at radius 1 is 1.22 bits per heavy atom. The molecule has 2 amide bonds. The summed E-state index contributed by atoms with van der Waals surface area (Å²) >= 11 is 2.92. The largest absolute Gasteiger partial charge is 0.391 e. The molecule has 1 aliphatic heterocycles. The van der Waals surface area contributed by atoms with Crippen molar-refractivity contribution in [2.75, 3.05) is 18.8 Å². The molecule has 1 fully saturated rings. The third-order valence-corrected chi connectivity index (χ3v) is 8.03. The number of thiazole rings is 1. The summed E-state index contributed by atoms with van der Waals surface area (Å²) < 4.78 is 2.66. The van der Waals surface area contributed by atoms with Crippen LogP contribution in [0.2, 0.25) is 0 Å². The number of pyridine rings is 1. The van der Waals surface area contributed by atoms with Crippen molar-refractivity contribution >= 4 is 55.5 Å². The van der Waals surface area contributed by atoms with Crippen LogP contribution < -0.4 is 11.1 Å². The highest BCUT2D eigenvalue weighted by Gasteiger charge is 2.30. The number of amides is 2. The second-order valence-corrected chi connectivity index (χ2v) is 10.9. The van der Waals surface area contributed by atoms with E-state index >= 15 is 0 Å². The van der Waals surface area contributed by atoms with Crippen LogP contribution in [0.1, 0.15) is 39.3 Å². The number of hydrogen-bond donors (Lipinski definition) is 3. The standard InChI is InChI=1S/C26H24N6O3S2/c27-26-29-19-6-5-15(11-20(19)37-26)12-28-24(34)18-4-2-9-32-22(25(35)31-8-1-3-17(33)13-31)21(30-23(18)32)16-7-10-36-14-16/h2,4-7,9-11,14,17,33H,1,3,8,12-13H2,(H2,27,29)(H,28,34). The van der Waals surface area contributed by atoms with Gasteiger partial charge in [0.25, 0.3) is 11.8 Å². The number of anilines is 1. The second kappa shape index (κ2) is 9.58. The summed E-state index contributed by atoms with van der Waals surface area (Å²) in [7, 11) is 0. The molecule has 5 aromatic rings. The van der Waals surface area contributed by atoms with Gasteiger partial charge in [-0.3, -0.25) is 14.0 Å². The monoisotopic (exact) mass is 532 g/mol. The topological polar surface area (TPSA) is 126 Å². The highest BCUT2D eigenvalue weighted by molar-refractivity contribution is 7.22. The molecule has 1 unspecified atom stereocenters. The van der Waals surface area contributed by atoms with Gasteiger partial charge in [-0.2, -0.15) is 11.3 Å². The van der Waals surface area contributed by atoms with Crippen molar-refractivity contribution in [3.63, 3.8) is 0 Å². The van der Waals surface area contributed by atoms with Crippen molar-refractivity contribution in [2.24, 2.45) is 0 Å². The highest BCUT2D eigenvalue weighted by atomic mass is 32.1. The molecular weight excluding hydrogens is 508 g/mol. The summed E-state index contributed by atoms with van der Waals surface area (Å²) in [6.45, 7) is 1.18. The number of imidazole rings is 1. The van der Waals surface area contributed by atoms with Crippen molar-refractivity contribution in [3.8, 4) is 11.3 Å². The number of aliphatic hydroxyl groups is 1. The number of carbonyl (C=O) groups is 2. The number of rotatable bonds is 5. The normalized spacial score (nSPS) is 15.9. The molecule has 188 valence electrons. The minimum Gasteiger partial charge on any atom is -0.391 e. The van der Waals surface area contributed by atoms with Gasteiger partial charge in [0.15, 0.2) is 10.8 Å². The molecule has 1 aromatic carbocycles. The van der Waals surface area contributed by atoms with E-state index in [0.29, 0.717) is 47.2 Å². The number of thiophene rings is 1. The van der Waals surface area contributed by atoms with E-state index in [1.54, 1.807) is 27.6 Å². The summed E-state index contributed by atoms with van der Waals surface area (Å²) in [6.07, 6.45) is 2.64. The first-order chi connectivity index (χ1) is 18.0. The third kappa shape index (κ3) is 4.45. The van der Waals surface area contributed by atoms with Gasteiger partial charge < -0.3 is 21.1 Å². The van der Waals surface area contributed by atoms with E-state index in [4.69, 9.17) is 10.7 Å². The fourth-order valence-corrected chi connectivity index (χ4v) is 6.15. The average Bonchev–Trinajstić information content (AvgIpc) is 3.63. The van der Waals surface area contributed by atoms with Crippen LogP contribution in [-0.4, -0.2) is 55.4 Å². The number of hydrogen-bond acceptors (Lipinski definition) is 8. The van der Waals surface area contributed by atoms with Gasteiger partial charge in [0.1, 0.15) is 11.4 Å². The van der Waals surface area contributed by atoms with Gasteiger partial charge in [0.05, 0.1) is 21.9 Å². The molecule has 11 heteroatoms. The molecule has 6 rings (SSSR count). The average molecular weight is 533 g/mol. The van der Waals surface area contributed by atoms with Crippen LogP contribution >= 0.6 is 22.7 Å². The van der Waals surface area contributed by atoms with E-state index in [0.717, 1.165) is 27.8 Å². The quantitative estimate of drug-likeness (QED) is 0.316. The summed E-state index contributed by atoms with van der Waals surface area (Å²) in [6, 6.07) is 11.1. The summed E-state index contributed by atoms with van der Waals surface area (Å²) in [5.41, 5.74) is 10.1. The van der Waals surface area contributed by atoms with E-state index in [1.807, 2.05) is 35.0 Å². The Hall–Kier alpha value is -3.80. The SMILES string of the molecule is Nc1nc2ccc(CNC(=O)c3cccn4c(C(=O)N5CCCC(O)C5)c(-c5ccsc5)nc34)cc2s1. The number of nitrogens with two attached hydrogens (primary N) is 1. The van der Waals surface area contributed by atoms with Crippen LogP contribution in [0.4, 0.5) is 5.13 Å². The maximum absolute atomic E-state index is 13.7. The van der Waals surface area contributed by atoms with Gasteiger partial charge in [0.2, 0.25) is 0 Å². The van der Waals surface area contributed by atoms with Crippen molar-refractivity contribution < 1.29 is 14.7 Å². The van der Waals surface area contributed by atoms with E-state index in [2.05, 4.69) is 10.3 Å². The number of nitrogen functional groups attached to an aromatic ring is 1. The molecule has 1 saturated heterocycles. The zero-order chi connectivity index (χ0) is 25.5. The maximum Gasteiger partial charge on any atom is 0.273 e. The first-order valence-electron chi connectivity index (χ1n) is 11.9. The van der Waals surface area contributed by atoms with Gasteiger partial charge in [0, 0.05) is 36.8 Å². The van der Waals surface area contributed by atoms with Gasteiger partial charge in [-0.15, -0.1) is 0 Å². The summed E-state index contributed by atoms with van der Waals surface area (Å²) in [4.78, 5) is 37.7. The molecular formula is C26H24N6O3S2. The number of piperidine rings is 1. The number of aromatic nitrogens is 3. The smallest absolute Gasteiger partial charge is 0.273 e. The van der Waals surface area contributed by atoms with Gasteiger partial charge in [-0.1, -0.05) is 17.4 Å². The number of nitrogens with zero attached hydrogens (tertiary/aromatic N) is 4. The van der Waals surface area contributed by atoms with Crippen LogP contribution in [0.3, 0.4) is 0 Å². The van der Waals surface area contributed by atoms with Crippen molar-refractivity contribution in [3.05, 3.63) is 70.2 Å².